The summed E-state index contributed by atoms with van der Waals surface area (Å²) in [5, 5.41) is 22.1. The van der Waals surface area contributed by atoms with E-state index in [1.165, 1.54) is 11.3 Å². The minimum absolute atomic E-state index is 0.0295. The van der Waals surface area contributed by atoms with Crippen LogP contribution in [0.4, 0.5) is 0 Å². The molecule has 0 aromatic carbocycles. The summed E-state index contributed by atoms with van der Waals surface area (Å²) in [6.07, 6.45) is 1.07. The first-order valence-corrected chi connectivity index (χ1v) is 6.25. The maximum absolute atomic E-state index is 9.87. The highest BCUT2D eigenvalue weighted by Gasteiger charge is 2.13. The van der Waals surface area contributed by atoms with Crippen LogP contribution in [-0.2, 0) is 0 Å². The molecule has 1 aromatic rings. The van der Waals surface area contributed by atoms with Gasteiger partial charge in [-0.3, -0.25) is 0 Å². The first kappa shape index (κ1) is 10.7. The first-order chi connectivity index (χ1) is 7.13. The lowest BCUT2D eigenvalue weighted by atomic mass is 10.1. The molecule has 0 fully saturated rings. The second-order valence-electron chi connectivity index (χ2n) is 3.28. The van der Waals surface area contributed by atoms with Gasteiger partial charge in [-0.15, -0.1) is 11.3 Å². The van der Waals surface area contributed by atoms with Gasteiger partial charge in [-0.2, -0.15) is 0 Å². The summed E-state index contributed by atoms with van der Waals surface area (Å²) in [5.41, 5.74) is 0.766. The van der Waals surface area contributed by atoms with E-state index < -0.39 is 0 Å². The van der Waals surface area contributed by atoms with E-state index in [9.17, 15) is 10.2 Å². The minimum atomic E-state index is 0.0295. The van der Waals surface area contributed by atoms with E-state index >= 15 is 0 Å². The molecule has 0 unspecified atom stereocenters. The van der Waals surface area contributed by atoms with Gasteiger partial charge in [-0.1, -0.05) is 6.92 Å². The van der Waals surface area contributed by atoms with Crippen molar-refractivity contribution in [2.45, 2.75) is 19.8 Å². The number of rotatable bonds is 1. The van der Waals surface area contributed by atoms with Crippen molar-refractivity contribution in [3.05, 3.63) is 31.2 Å². The summed E-state index contributed by atoms with van der Waals surface area (Å²) >= 11 is 4.76. The second kappa shape index (κ2) is 3.98. The summed E-state index contributed by atoms with van der Waals surface area (Å²) < 4.78 is 1.54. The zero-order valence-electron chi connectivity index (χ0n) is 8.12. The van der Waals surface area contributed by atoms with Crippen LogP contribution in [0.2, 0.25) is 0 Å². The SMILES string of the molecule is CCC1=C(O)N=c2c(Br)csc2=C(O)C1. The Morgan fingerprint density at radius 3 is 2.93 bits per heavy atom. The number of aliphatic hydroxyl groups is 2. The standard InChI is InChI=1S/C10H10BrNO2S/c1-2-5-3-7(13)9-8(12-10(5)14)6(11)4-15-9/h4,13-14H,2-3H2,1H3. The van der Waals surface area contributed by atoms with Crippen LogP contribution in [0.1, 0.15) is 19.8 Å². The molecular formula is C10H10BrNO2S. The average Bonchev–Trinajstić information content (AvgIpc) is 2.50. The van der Waals surface area contributed by atoms with Crippen LogP contribution < -0.4 is 9.89 Å². The lowest BCUT2D eigenvalue weighted by Gasteiger charge is -2.01. The van der Waals surface area contributed by atoms with Gasteiger partial charge in [0.05, 0.1) is 9.01 Å². The third-order valence-electron chi connectivity index (χ3n) is 2.33. The van der Waals surface area contributed by atoms with Gasteiger partial charge in [0.2, 0.25) is 5.88 Å². The van der Waals surface area contributed by atoms with Crippen molar-refractivity contribution >= 4 is 33.0 Å². The highest BCUT2D eigenvalue weighted by molar-refractivity contribution is 9.10. The van der Waals surface area contributed by atoms with E-state index in [-0.39, 0.29) is 11.6 Å². The van der Waals surface area contributed by atoms with Crippen LogP contribution in [-0.4, -0.2) is 10.2 Å². The smallest absolute Gasteiger partial charge is 0.210 e. The summed E-state index contributed by atoms with van der Waals surface area (Å²) in [5.74, 6) is 0.312. The summed E-state index contributed by atoms with van der Waals surface area (Å²) in [6.45, 7) is 1.93. The van der Waals surface area contributed by atoms with Gasteiger partial charge in [0, 0.05) is 11.8 Å². The molecule has 0 saturated heterocycles. The summed E-state index contributed by atoms with van der Waals surface area (Å²) in [6, 6.07) is 0. The highest BCUT2D eigenvalue weighted by atomic mass is 79.9. The van der Waals surface area contributed by atoms with Gasteiger partial charge < -0.3 is 10.2 Å². The summed E-state index contributed by atoms with van der Waals surface area (Å²) in [7, 11) is 0. The summed E-state index contributed by atoms with van der Waals surface area (Å²) in [4.78, 5) is 4.12. The van der Waals surface area contributed by atoms with E-state index in [0.29, 0.717) is 18.2 Å². The maximum Gasteiger partial charge on any atom is 0.210 e. The van der Waals surface area contributed by atoms with Gasteiger partial charge in [0.25, 0.3) is 0 Å². The van der Waals surface area contributed by atoms with Gasteiger partial charge in [-0.25, -0.2) is 4.99 Å². The Morgan fingerprint density at radius 2 is 2.27 bits per heavy atom. The van der Waals surface area contributed by atoms with Crippen molar-refractivity contribution in [1.29, 1.82) is 0 Å². The molecule has 0 radical (unpaired) electrons. The Morgan fingerprint density at radius 1 is 1.53 bits per heavy atom. The zero-order chi connectivity index (χ0) is 11.0. The van der Waals surface area contributed by atoms with E-state index in [1.807, 2.05) is 12.3 Å². The monoisotopic (exact) mass is 287 g/mol. The zero-order valence-corrected chi connectivity index (χ0v) is 10.5. The van der Waals surface area contributed by atoms with Gasteiger partial charge in [0.15, 0.2) is 0 Å². The molecule has 5 heteroatoms. The van der Waals surface area contributed by atoms with Crippen molar-refractivity contribution in [2.24, 2.45) is 4.99 Å². The molecule has 0 atom stereocenters. The molecule has 2 heterocycles. The Balaban J connectivity index is 2.77. The molecule has 2 N–H and O–H groups in total. The van der Waals surface area contributed by atoms with Gasteiger partial charge in [-0.05, 0) is 27.9 Å². The lowest BCUT2D eigenvalue weighted by Crippen LogP contribution is -2.21. The van der Waals surface area contributed by atoms with Crippen molar-refractivity contribution in [1.82, 2.24) is 0 Å². The van der Waals surface area contributed by atoms with E-state index in [1.54, 1.807) is 0 Å². The van der Waals surface area contributed by atoms with Crippen molar-refractivity contribution < 1.29 is 10.2 Å². The molecule has 80 valence electrons. The van der Waals surface area contributed by atoms with Crippen molar-refractivity contribution in [3.8, 4) is 0 Å². The third-order valence-corrected chi connectivity index (χ3v) is 4.25. The first-order valence-electron chi connectivity index (χ1n) is 4.58. The predicted octanol–water partition coefficient (Wildman–Crippen LogP) is 2.38. The Kier molecular flexibility index (Phi) is 2.84. The fraction of sp³-hybridized carbons (Fsp3) is 0.300. The van der Waals surface area contributed by atoms with Crippen molar-refractivity contribution in [2.75, 3.05) is 0 Å². The molecule has 1 aliphatic rings. The number of hydrogen-bond donors (Lipinski definition) is 2. The van der Waals surface area contributed by atoms with Crippen molar-refractivity contribution in [3.63, 3.8) is 0 Å². The Hall–Kier alpha value is -0.810. The second-order valence-corrected chi connectivity index (χ2v) is 5.01. The van der Waals surface area contributed by atoms with Crippen LogP contribution in [0.3, 0.4) is 0 Å². The largest absolute Gasteiger partial charge is 0.510 e. The maximum atomic E-state index is 9.87. The number of fused-ring (bicyclic) bond motifs is 1. The molecule has 1 aliphatic heterocycles. The van der Waals surface area contributed by atoms with Crippen LogP contribution in [0.15, 0.2) is 26.3 Å². The average molecular weight is 288 g/mol. The van der Waals surface area contributed by atoms with Crippen LogP contribution in [0.25, 0.3) is 5.76 Å². The van der Waals surface area contributed by atoms with E-state index in [2.05, 4.69) is 20.9 Å². The van der Waals surface area contributed by atoms with E-state index in [0.717, 1.165) is 14.6 Å². The number of hydrogen-bond acceptors (Lipinski definition) is 4. The molecule has 0 aliphatic carbocycles. The van der Waals surface area contributed by atoms with Gasteiger partial charge in [0.1, 0.15) is 11.1 Å². The number of aliphatic hydroxyl groups excluding tert-OH is 2. The molecule has 3 nitrogen and oxygen atoms in total. The van der Waals surface area contributed by atoms with E-state index in [4.69, 9.17) is 0 Å². The quantitative estimate of drug-likeness (QED) is 0.833. The Bertz CT molecular complexity index is 544. The fourth-order valence-electron chi connectivity index (χ4n) is 1.47. The minimum Gasteiger partial charge on any atom is -0.510 e. The number of halogens is 1. The molecule has 0 spiro atoms. The highest BCUT2D eigenvalue weighted by Crippen LogP contribution is 2.19. The molecule has 15 heavy (non-hydrogen) atoms. The number of nitrogens with zero attached hydrogens (tertiary/aromatic N) is 1. The fourth-order valence-corrected chi connectivity index (χ4v) is 2.98. The predicted molar refractivity (Wildman–Crippen MR) is 63.4 cm³/mol. The van der Waals surface area contributed by atoms with Crippen LogP contribution >= 0.6 is 27.3 Å². The van der Waals surface area contributed by atoms with Crippen LogP contribution in [0, 0.1) is 0 Å². The molecule has 2 rings (SSSR count). The molecule has 0 saturated carbocycles. The molecule has 0 amide bonds. The normalized spacial score (nSPS) is 16.0. The third kappa shape index (κ3) is 1.81. The van der Waals surface area contributed by atoms with Crippen LogP contribution in [0.5, 0.6) is 0 Å². The molecular weight excluding hydrogens is 278 g/mol. The molecule has 0 bridgehead atoms. The topological polar surface area (TPSA) is 52.8 Å². The lowest BCUT2D eigenvalue weighted by molar-refractivity contribution is 0.391. The number of thiophene rings is 1. The Labute approximate surface area is 99.2 Å². The van der Waals surface area contributed by atoms with Gasteiger partial charge >= 0.3 is 0 Å². The molecule has 1 aromatic heterocycles.